The highest BCUT2D eigenvalue weighted by Crippen LogP contribution is 2.37. The molecule has 0 bridgehead atoms. The summed E-state index contributed by atoms with van der Waals surface area (Å²) in [6.45, 7) is 0. The fourth-order valence-electron chi connectivity index (χ4n) is 1.96. The second-order valence-electron chi connectivity index (χ2n) is 3.96. The van der Waals surface area contributed by atoms with Gasteiger partial charge in [0.15, 0.2) is 0 Å². The van der Waals surface area contributed by atoms with Gasteiger partial charge in [-0.1, -0.05) is 0 Å². The van der Waals surface area contributed by atoms with Gasteiger partial charge in [0.2, 0.25) is 0 Å². The van der Waals surface area contributed by atoms with E-state index in [1.54, 1.807) is 18.3 Å². The fourth-order valence-corrected chi connectivity index (χ4v) is 2.92. The summed E-state index contributed by atoms with van der Waals surface area (Å²) < 4.78 is 14.9. The molecule has 0 saturated heterocycles. The van der Waals surface area contributed by atoms with E-state index in [0.717, 1.165) is 15.6 Å². The maximum Gasteiger partial charge on any atom is 0.133 e. The van der Waals surface area contributed by atoms with Gasteiger partial charge in [-0.3, -0.25) is 0 Å². The molecule has 3 nitrogen and oxygen atoms in total. The van der Waals surface area contributed by atoms with Crippen LogP contribution in [0.1, 0.15) is 0 Å². The van der Waals surface area contributed by atoms with Crippen LogP contribution < -0.4 is 11.5 Å². The zero-order valence-corrected chi connectivity index (χ0v) is 10.2. The van der Waals surface area contributed by atoms with Crippen LogP contribution in [0.25, 0.3) is 21.2 Å². The molecule has 0 saturated carbocycles. The van der Waals surface area contributed by atoms with Crippen molar-refractivity contribution in [2.24, 2.45) is 0 Å². The minimum atomic E-state index is -0.349. The van der Waals surface area contributed by atoms with Gasteiger partial charge in [-0.15, -0.1) is 11.3 Å². The highest BCUT2D eigenvalue weighted by Gasteiger charge is 2.13. The molecule has 0 aliphatic heterocycles. The minimum absolute atomic E-state index is 0.349. The van der Waals surface area contributed by atoms with Crippen molar-refractivity contribution in [2.75, 3.05) is 11.5 Å². The molecule has 0 atom stereocenters. The molecule has 0 aliphatic carbocycles. The molecule has 0 fully saturated rings. The summed E-state index contributed by atoms with van der Waals surface area (Å²) in [6.07, 6.45) is 1.65. The Morgan fingerprint density at radius 1 is 1.11 bits per heavy atom. The number of halogens is 1. The number of benzene rings is 1. The zero-order valence-electron chi connectivity index (χ0n) is 9.35. The summed E-state index contributed by atoms with van der Waals surface area (Å²) in [5.74, 6) is 0.0675. The second-order valence-corrected chi connectivity index (χ2v) is 4.87. The van der Waals surface area contributed by atoms with Crippen molar-refractivity contribution in [3.63, 3.8) is 0 Å². The molecule has 3 aromatic rings. The Hall–Kier alpha value is -2.14. The normalized spacial score (nSPS) is 10.9. The van der Waals surface area contributed by atoms with E-state index < -0.39 is 0 Å². The molecule has 2 heterocycles. The van der Waals surface area contributed by atoms with E-state index in [4.69, 9.17) is 11.5 Å². The first-order valence-electron chi connectivity index (χ1n) is 5.34. The molecule has 5 heteroatoms. The molecule has 2 aromatic heterocycles. The number of pyridine rings is 1. The highest BCUT2D eigenvalue weighted by atomic mass is 32.1. The molecular formula is C13H10FN3S. The van der Waals surface area contributed by atoms with Crippen LogP contribution in [0.4, 0.5) is 15.9 Å². The van der Waals surface area contributed by atoms with Gasteiger partial charge in [-0.2, -0.15) is 0 Å². The van der Waals surface area contributed by atoms with Gasteiger partial charge in [0.1, 0.15) is 11.6 Å². The number of fused-ring (bicyclic) bond motifs is 1. The summed E-state index contributed by atoms with van der Waals surface area (Å²) in [6, 6.07) is 6.52. The van der Waals surface area contributed by atoms with Gasteiger partial charge < -0.3 is 11.5 Å². The number of aromatic nitrogens is 1. The lowest BCUT2D eigenvalue weighted by Gasteiger charge is -2.04. The van der Waals surface area contributed by atoms with Crippen LogP contribution in [0.5, 0.6) is 0 Å². The van der Waals surface area contributed by atoms with Gasteiger partial charge in [-0.25, -0.2) is 9.37 Å². The molecule has 0 radical (unpaired) electrons. The smallest absolute Gasteiger partial charge is 0.133 e. The molecule has 18 heavy (non-hydrogen) atoms. The van der Waals surface area contributed by atoms with Gasteiger partial charge in [0.05, 0.1) is 0 Å². The highest BCUT2D eigenvalue weighted by molar-refractivity contribution is 7.17. The summed E-state index contributed by atoms with van der Waals surface area (Å²) in [7, 11) is 0. The first kappa shape index (κ1) is 11.0. The number of hydrogen-bond acceptors (Lipinski definition) is 4. The lowest BCUT2D eigenvalue weighted by atomic mass is 10.0. The van der Waals surface area contributed by atoms with E-state index in [0.29, 0.717) is 17.1 Å². The van der Waals surface area contributed by atoms with Crippen LogP contribution in [0, 0.1) is 5.82 Å². The molecule has 0 spiro atoms. The van der Waals surface area contributed by atoms with Crippen molar-refractivity contribution >= 4 is 32.9 Å². The van der Waals surface area contributed by atoms with E-state index in [9.17, 15) is 4.39 Å². The van der Waals surface area contributed by atoms with E-state index in [1.807, 2.05) is 11.4 Å². The van der Waals surface area contributed by atoms with Crippen LogP contribution in [0.2, 0.25) is 0 Å². The van der Waals surface area contributed by atoms with Crippen LogP contribution in [0.15, 0.2) is 35.8 Å². The van der Waals surface area contributed by atoms with Crippen LogP contribution in [-0.4, -0.2) is 4.98 Å². The molecule has 90 valence electrons. The third kappa shape index (κ3) is 1.60. The predicted octanol–water partition coefficient (Wildman–Crippen LogP) is 3.27. The first-order chi connectivity index (χ1) is 8.66. The largest absolute Gasteiger partial charge is 0.399 e. The van der Waals surface area contributed by atoms with Crippen LogP contribution in [0.3, 0.4) is 0 Å². The molecule has 0 unspecified atom stereocenters. The lowest BCUT2D eigenvalue weighted by molar-refractivity contribution is 0.632. The van der Waals surface area contributed by atoms with E-state index in [2.05, 4.69) is 4.98 Å². The van der Waals surface area contributed by atoms with Gasteiger partial charge in [-0.05, 0) is 24.3 Å². The van der Waals surface area contributed by atoms with Crippen molar-refractivity contribution in [1.82, 2.24) is 4.98 Å². The maximum absolute atomic E-state index is 13.9. The molecule has 0 amide bonds. The number of nitrogens with two attached hydrogens (primary N) is 2. The lowest BCUT2D eigenvalue weighted by Crippen LogP contribution is -1.92. The minimum Gasteiger partial charge on any atom is -0.399 e. The molecule has 4 N–H and O–H groups in total. The Bertz CT molecular complexity index is 736. The summed E-state index contributed by atoms with van der Waals surface area (Å²) in [5, 5.41) is 2.68. The predicted molar refractivity (Wildman–Crippen MR) is 73.8 cm³/mol. The average Bonchev–Trinajstić information content (AvgIpc) is 2.74. The Morgan fingerprint density at radius 2 is 1.94 bits per heavy atom. The van der Waals surface area contributed by atoms with Crippen LogP contribution >= 0.6 is 11.3 Å². The van der Waals surface area contributed by atoms with Gasteiger partial charge in [0, 0.05) is 38.5 Å². The SMILES string of the molecule is Nc1ccc(-c2csc3ccnc(N)c23)c(F)c1. The Kier molecular flexibility index (Phi) is 2.41. The number of rotatable bonds is 1. The quantitative estimate of drug-likeness (QED) is 0.659. The maximum atomic E-state index is 13.9. The number of hydrogen-bond donors (Lipinski definition) is 2. The van der Waals surface area contributed by atoms with Crippen molar-refractivity contribution in [1.29, 1.82) is 0 Å². The Balaban J connectivity index is 2.32. The number of thiophene rings is 1. The average molecular weight is 259 g/mol. The topological polar surface area (TPSA) is 64.9 Å². The summed E-state index contributed by atoms with van der Waals surface area (Å²) in [4.78, 5) is 4.05. The second kappa shape index (κ2) is 3.96. The van der Waals surface area contributed by atoms with Crippen LogP contribution in [-0.2, 0) is 0 Å². The fraction of sp³-hybridized carbons (Fsp3) is 0. The van der Waals surface area contributed by atoms with E-state index in [-0.39, 0.29) is 5.82 Å². The van der Waals surface area contributed by atoms with Crippen molar-refractivity contribution in [2.45, 2.75) is 0 Å². The number of nitrogen functional groups attached to an aromatic ring is 2. The molecule has 3 rings (SSSR count). The molecule has 1 aromatic carbocycles. The first-order valence-corrected chi connectivity index (χ1v) is 6.22. The number of anilines is 2. The van der Waals surface area contributed by atoms with Crippen molar-refractivity contribution in [3.05, 3.63) is 41.7 Å². The molecular weight excluding hydrogens is 249 g/mol. The number of nitrogens with zero attached hydrogens (tertiary/aromatic N) is 1. The van der Waals surface area contributed by atoms with Gasteiger partial charge >= 0.3 is 0 Å². The Labute approximate surface area is 107 Å². The third-order valence-corrected chi connectivity index (χ3v) is 3.75. The standard InChI is InChI=1S/C13H10FN3S/c14-10-5-7(15)1-2-8(10)9-6-18-11-3-4-17-13(16)12(9)11/h1-6H,15H2,(H2,16,17). The summed E-state index contributed by atoms with van der Waals surface area (Å²) in [5.41, 5.74) is 13.1. The van der Waals surface area contributed by atoms with Gasteiger partial charge in [0.25, 0.3) is 0 Å². The van der Waals surface area contributed by atoms with Crippen molar-refractivity contribution in [3.8, 4) is 11.1 Å². The molecule has 0 aliphatic rings. The van der Waals surface area contributed by atoms with E-state index >= 15 is 0 Å². The monoisotopic (exact) mass is 259 g/mol. The Morgan fingerprint density at radius 3 is 2.72 bits per heavy atom. The summed E-state index contributed by atoms with van der Waals surface area (Å²) >= 11 is 1.52. The zero-order chi connectivity index (χ0) is 12.7. The van der Waals surface area contributed by atoms with Crippen molar-refractivity contribution < 1.29 is 4.39 Å². The van der Waals surface area contributed by atoms with E-state index in [1.165, 1.54) is 17.4 Å². The third-order valence-electron chi connectivity index (χ3n) is 2.80.